The van der Waals surface area contributed by atoms with E-state index < -0.39 is 6.01 Å². The average molecular weight is 187 g/mol. The molecule has 0 amide bonds. The van der Waals surface area contributed by atoms with Crippen molar-refractivity contribution >= 4 is 11.6 Å². The Kier molecular flexibility index (Phi) is 3.11. The summed E-state index contributed by atoms with van der Waals surface area (Å²) in [5, 5.41) is 0. The Bertz CT molecular complexity index is 296. The molecule has 0 saturated heterocycles. The Morgan fingerprint density at radius 2 is 2.17 bits per heavy atom. The molecule has 64 valence electrons. The molecule has 0 aliphatic carbocycles. The van der Waals surface area contributed by atoms with Gasteiger partial charge in [0, 0.05) is 0 Å². The van der Waals surface area contributed by atoms with E-state index in [2.05, 4.69) is 0 Å². The summed E-state index contributed by atoms with van der Waals surface area (Å²) < 4.78 is 17.3. The molecule has 0 aromatic heterocycles. The van der Waals surface area contributed by atoms with E-state index in [1.165, 1.54) is 0 Å². The van der Waals surface area contributed by atoms with Crippen LogP contribution in [-0.2, 0) is 0 Å². The lowest BCUT2D eigenvalue weighted by molar-refractivity contribution is 0.302. The van der Waals surface area contributed by atoms with Gasteiger partial charge in [0.25, 0.3) is 6.01 Å². The molecule has 3 heteroatoms. The van der Waals surface area contributed by atoms with Crippen LogP contribution in [0.15, 0.2) is 35.8 Å². The van der Waals surface area contributed by atoms with Crippen LogP contribution in [0.4, 0.5) is 4.39 Å². The van der Waals surface area contributed by atoms with Crippen LogP contribution >= 0.6 is 11.6 Å². The van der Waals surface area contributed by atoms with Gasteiger partial charge in [-0.3, -0.25) is 0 Å². The predicted octanol–water partition coefficient (Wildman–Crippen LogP) is 3.38. The summed E-state index contributed by atoms with van der Waals surface area (Å²) in [6, 6.07) is 6.33. The third kappa shape index (κ3) is 2.24. The van der Waals surface area contributed by atoms with Gasteiger partial charge in [-0.1, -0.05) is 29.8 Å². The van der Waals surface area contributed by atoms with Gasteiger partial charge in [-0.05, 0) is 18.6 Å². The average Bonchev–Trinajstić information content (AvgIpc) is 2.09. The van der Waals surface area contributed by atoms with Crippen LogP contribution < -0.4 is 4.74 Å². The number of benzene rings is 1. The van der Waals surface area contributed by atoms with Crippen molar-refractivity contribution in [2.24, 2.45) is 0 Å². The second kappa shape index (κ2) is 4.12. The van der Waals surface area contributed by atoms with Crippen LogP contribution in [0, 0.1) is 6.92 Å². The maximum absolute atomic E-state index is 12.5. The Morgan fingerprint density at radius 3 is 2.75 bits per heavy atom. The van der Waals surface area contributed by atoms with Gasteiger partial charge in [0.05, 0.1) is 5.54 Å². The highest BCUT2D eigenvalue weighted by molar-refractivity contribution is 6.25. The SMILES string of the molecule is Cc1ccccc1O/C(F)=C/Cl. The van der Waals surface area contributed by atoms with Gasteiger partial charge >= 0.3 is 0 Å². The van der Waals surface area contributed by atoms with Crippen molar-refractivity contribution in [3.05, 3.63) is 41.4 Å². The van der Waals surface area contributed by atoms with Crippen LogP contribution in [0.3, 0.4) is 0 Å². The highest BCUT2D eigenvalue weighted by Crippen LogP contribution is 2.19. The lowest BCUT2D eigenvalue weighted by atomic mass is 10.2. The van der Waals surface area contributed by atoms with Crippen LogP contribution in [0.2, 0.25) is 0 Å². The lowest BCUT2D eigenvalue weighted by Gasteiger charge is -2.04. The zero-order chi connectivity index (χ0) is 8.97. The third-order valence-electron chi connectivity index (χ3n) is 1.39. The van der Waals surface area contributed by atoms with Gasteiger partial charge in [0.1, 0.15) is 5.75 Å². The summed E-state index contributed by atoms with van der Waals surface area (Å²) in [5.74, 6) is 0.479. The molecule has 0 atom stereocenters. The van der Waals surface area contributed by atoms with Crippen LogP contribution in [0.1, 0.15) is 5.56 Å². The van der Waals surface area contributed by atoms with E-state index in [1.807, 2.05) is 19.1 Å². The minimum Gasteiger partial charge on any atom is -0.431 e. The molecule has 0 aliphatic heterocycles. The molecule has 0 saturated carbocycles. The molecule has 0 fully saturated rings. The molecule has 0 spiro atoms. The first-order chi connectivity index (χ1) is 5.74. The summed E-state index contributed by atoms with van der Waals surface area (Å²) in [4.78, 5) is 0. The molecular weight excluding hydrogens is 179 g/mol. The quantitative estimate of drug-likeness (QED) is 0.644. The third-order valence-corrected chi connectivity index (χ3v) is 1.56. The van der Waals surface area contributed by atoms with Crippen LogP contribution in [0.5, 0.6) is 5.75 Å². The maximum Gasteiger partial charge on any atom is 0.289 e. The summed E-state index contributed by atoms with van der Waals surface area (Å²) in [5.41, 5.74) is 1.62. The second-order valence-corrected chi connectivity index (χ2v) is 2.50. The summed E-state index contributed by atoms with van der Waals surface area (Å²) in [7, 11) is 0. The number of ether oxygens (including phenoxy) is 1. The fourth-order valence-corrected chi connectivity index (χ4v) is 0.843. The Labute approximate surface area is 75.4 Å². The number of hydrogen-bond acceptors (Lipinski definition) is 1. The zero-order valence-corrected chi connectivity index (χ0v) is 7.31. The molecule has 12 heavy (non-hydrogen) atoms. The smallest absolute Gasteiger partial charge is 0.289 e. The van der Waals surface area contributed by atoms with E-state index in [9.17, 15) is 4.39 Å². The molecule has 1 rings (SSSR count). The first-order valence-electron chi connectivity index (χ1n) is 3.43. The molecule has 1 aromatic rings. The fraction of sp³-hybridized carbons (Fsp3) is 0.111. The first kappa shape index (κ1) is 9.07. The molecule has 0 N–H and O–H groups in total. The van der Waals surface area contributed by atoms with Crippen molar-refractivity contribution in [1.29, 1.82) is 0 Å². The van der Waals surface area contributed by atoms with Crippen LogP contribution in [-0.4, -0.2) is 0 Å². The normalized spacial score (nSPS) is 11.4. The van der Waals surface area contributed by atoms with E-state index in [0.29, 0.717) is 5.75 Å². The van der Waals surface area contributed by atoms with Crippen molar-refractivity contribution in [2.75, 3.05) is 0 Å². The van der Waals surface area contributed by atoms with Crippen molar-refractivity contribution < 1.29 is 9.13 Å². The second-order valence-electron chi connectivity index (χ2n) is 2.28. The minimum absolute atomic E-state index is 0.479. The predicted molar refractivity (Wildman–Crippen MR) is 46.9 cm³/mol. The van der Waals surface area contributed by atoms with E-state index in [-0.39, 0.29) is 0 Å². The Morgan fingerprint density at radius 1 is 1.50 bits per heavy atom. The lowest BCUT2D eigenvalue weighted by Crippen LogP contribution is -1.90. The van der Waals surface area contributed by atoms with Crippen molar-refractivity contribution in [2.45, 2.75) is 6.92 Å². The van der Waals surface area contributed by atoms with Gasteiger partial charge in [0.15, 0.2) is 0 Å². The maximum atomic E-state index is 12.5. The van der Waals surface area contributed by atoms with Gasteiger partial charge in [-0.2, -0.15) is 4.39 Å². The van der Waals surface area contributed by atoms with Gasteiger partial charge in [0.2, 0.25) is 0 Å². The number of aryl methyl sites for hydroxylation is 1. The van der Waals surface area contributed by atoms with E-state index in [4.69, 9.17) is 16.3 Å². The molecule has 0 aliphatic rings. The Hall–Kier alpha value is -1.02. The standard InChI is InChI=1S/C9H8ClFO/c1-7-4-2-3-5-8(7)12-9(11)6-10/h2-6H,1H3/b9-6+. The van der Waals surface area contributed by atoms with Crippen molar-refractivity contribution in [3.8, 4) is 5.75 Å². The van der Waals surface area contributed by atoms with Gasteiger partial charge in [-0.25, -0.2) is 0 Å². The fourth-order valence-electron chi connectivity index (χ4n) is 0.798. The molecule has 0 radical (unpaired) electrons. The molecular formula is C9H8ClFO. The summed E-state index contributed by atoms with van der Waals surface area (Å²) in [6.07, 6.45) is 0. The summed E-state index contributed by atoms with van der Waals surface area (Å²) in [6.45, 7) is 1.83. The zero-order valence-electron chi connectivity index (χ0n) is 6.55. The number of halogens is 2. The highest BCUT2D eigenvalue weighted by atomic mass is 35.5. The summed E-state index contributed by atoms with van der Waals surface area (Å²) >= 11 is 5.09. The molecule has 0 bridgehead atoms. The van der Waals surface area contributed by atoms with E-state index in [0.717, 1.165) is 11.1 Å². The number of para-hydroxylation sites is 1. The Balaban J connectivity index is 2.82. The highest BCUT2D eigenvalue weighted by Gasteiger charge is 2.00. The molecule has 1 aromatic carbocycles. The van der Waals surface area contributed by atoms with Crippen molar-refractivity contribution in [3.63, 3.8) is 0 Å². The van der Waals surface area contributed by atoms with Crippen molar-refractivity contribution in [1.82, 2.24) is 0 Å². The monoisotopic (exact) mass is 186 g/mol. The molecule has 0 unspecified atom stereocenters. The topological polar surface area (TPSA) is 9.23 Å². The van der Waals surface area contributed by atoms with E-state index >= 15 is 0 Å². The minimum atomic E-state index is -0.800. The largest absolute Gasteiger partial charge is 0.431 e. The number of hydrogen-bond donors (Lipinski definition) is 0. The molecule has 0 heterocycles. The first-order valence-corrected chi connectivity index (χ1v) is 3.87. The van der Waals surface area contributed by atoms with Crippen LogP contribution in [0.25, 0.3) is 0 Å². The number of rotatable bonds is 2. The van der Waals surface area contributed by atoms with Gasteiger partial charge < -0.3 is 4.74 Å². The molecule has 1 nitrogen and oxygen atoms in total. The van der Waals surface area contributed by atoms with E-state index in [1.54, 1.807) is 12.1 Å². The van der Waals surface area contributed by atoms with Gasteiger partial charge in [-0.15, -0.1) is 0 Å².